The zero-order valence-corrected chi connectivity index (χ0v) is 54.7. The number of likely N-dealkylation sites (tertiary alicyclic amines) is 1. The number of unbranched alkanes of at least 4 members (excludes halogenated alkanes) is 34. The Balaban J connectivity index is 2.84. The second kappa shape index (κ2) is 55.6. The van der Waals surface area contributed by atoms with Crippen LogP contribution in [0.25, 0.3) is 0 Å². The number of carbonyl (C=O) groups is 4. The van der Waals surface area contributed by atoms with Gasteiger partial charge in [0.1, 0.15) is 12.1 Å². The topological polar surface area (TPSA) is 121 Å². The molecule has 0 radical (unpaired) electrons. The highest BCUT2D eigenvalue weighted by molar-refractivity contribution is 5.76. The third kappa shape index (κ3) is 45.8. The van der Waals surface area contributed by atoms with Crippen molar-refractivity contribution in [2.24, 2.45) is 0 Å². The molecule has 1 saturated heterocycles. The molecule has 1 aliphatic rings. The first kappa shape index (κ1) is 76.8. The minimum atomic E-state index is -0.849. The number of rotatable bonds is 60. The summed E-state index contributed by atoms with van der Waals surface area (Å²) in [6, 6.07) is -0.381. The molecule has 11 nitrogen and oxygen atoms in total. The number of piperidine rings is 1. The van der Waals surface area contributed by atoms with Crippen molar-refractivity contribution in [1.29, 1.82) is 0 Å². The van der Waals surface area contributed by atoms with E-state index in [1.807, 2.05) is 19.0 Å². The summed E-state index contributed by atoms with van der Waals surface area (Å²) in [5.74, 6) is -1.49. The third-order valence-electron chi connectivity index (χ3n) is 16.8. The maximum Gasteiger partial charge on any atom is 0.323 e. The largest absolute Gasteiger partial charge is 0.466 e. The molecule has 1 heterocycles. The summed E-state index contributed by atoms with van der Waals surface area (Å²) < 4.78 is 31.5. The summed E-state index contributed by atoms with van der Waals surface area (Å²) >= 11 is 0. The lowest BCUT2D eigenvalue weighted by Crippen LogP contribution is -2.51. The van der Waals surface area contributed by atoms with E-state index in [1.54, 1.807) is 0 Å². The van der Waals surface area contributed by atoms with E-state index in [4.69, 9.17) is 23.7 Å². The lowest BCUT2D eigenvalue weighted by Gasteiger charge is -2.38. The van der Waals surface area contributed by atoms with E-state index in [-0.39, 0.29) is 42.1 Å². The SMILES string of the molecule is CCCCCCCCCCCOC(=O)CCCCCN1C[C@@H](OC(=O)CCN(C)C)CC[C@H]1C(=O)OCCCCCCCC(=O)OC(CCCCCCCC)(CCCCCCCC)OC(CCCCCCCC)CCCCCCCC. The van der Waals surface area contributed by atoms with E-state index in [9.17, 15) is 19.2 Å². The van der Waals surface area contributed by atoms with Crippen LogP contribution in [-0.4, -0.2) is 105 Å². The Morgan fingerprint density at radius 1 is 0.444 bits per heavy atom. The van der Waals surface area contributed by atoms with Crippen LogP contribution in [-0.2, 0) is 42.9 Å². The van der Waals surface area contributed by atoms with E-state index in [1.165, 1.54) is 173 Å². The molecule has 0 aromatic heterocycles. The molecular weight excluding hydrogens is 1010 g/mol. The first-order valence-corrected chi connectivity index (χ1v) is 35.3. The second-order valence-corrected chi connectivity index (χ2v) is 25.1. The van der Waals surface area contributed by atoms with Crippen LogP contribution < -0.4 is 0 Å². The number of nitrogens with zero attached hydrogens (tertiary/aromatic N) is 2. The number of hydrogen-bond donors (Lipinski definition) is 0. The number of hydrogen-bond acceptors (Lipinski definition) is 11. The lowest BCUT2D eigenvalue weighted by molar-refractivity contribution is -0.259. The van der Waals surface area contributed by atoms with Crippen molar-refractivity contribution < 1.29 is 42.9 Å². The summed E-state index contributed by atoms with van der Waals surface area (Å²) in [6.45, 7) is 14.0. The number of esters is 4. The first-order chi connectivity index (χ1) is 39.5. The van der Waals surface area contributed by atoms with Gasteiger partial charge >= 0.3 is 23.9 Å². The van der Waals surface area contributed by atoms with Crippen LogP contribution in [0.3, 0.4) is 0 Å². The maximum atomic E-state index is 14.0. The van der Waals surface area contributed by atoms with Gasteiger partial charge in [-0.15, -0.1) is 0 Å². The van der Waals surface area contributed by atoms with E-state index in [2.05, 4.69) is 39.5 Å². The van der Waals surface area contributed by atoms with Crippen LogP contribution in [0.5, 0.6) is 0 Å². The third-order valence-corrected chi connectivity index (χ3v) is 16.8. The summed E-state index contributed by atoms with van der Waals surface area (Å²) in [4.78, 5) is 57.0. The van der Waals surface area contributed by atoms with Crippen LogP contribution in [0.4, 0.5) is 0 Å². The quantitative estimate of drug-likeness (QED) is 0.0250. The van der Waals surface area contributed by atoms with Crippen molar-refractivity contribution in [3.05, 3.63) is 0 Å². The standard InChI is InChI=1S/C70H134N2O9/c1-8-13-18-23-28-29-30-37-47-60-77-66(73)51-43-39-46-58-72-62-64(79-67(74)55-59-71(6)7)53-54-65(72)69(76)78-61-48-38-31-34-42-52-68(75)81-70(56-44-35-26-21-16-11-4,57-45-36-27-22-17-12-5)80-63(49-40-32-24-19-14-9-2)50-41-33-25-20-15-10-3/h63-65H,8-62H2,1-7H3/t64-,65-/m0/s1. The van der Waals surface area contributed by atoms with Gasteiger partial charge in [0, 0.05) is 38.8 Å². The van der Waals surface area contributed by atoms with E-state index < -0.39 is 5.79 Å². The van der Waals surface area contributed by atoms with Gasteiger partial charge in [-0.05, 0) is 91.3 Å². The molecule has 0 N–H and O–H groups in total. The van der Waals surface area contributed by atoms with Gasteiger partial charge in [0.2, 0.25) is 5.79 Å². The van der Waals surface area contributed by atoms with Gasteiger partial charge in [-0.2, -0.15) is 0 Å². The van der Waals surface area contributed by atoms with Crippen molar-refractivity contribution >= 4 is 23.9 Å². The van der Waals surface area contributed by atoms with Crippen molar-refractivity contribution in [3.8, 4) is 0 Å². The van der Waals surface area contributed by atoms with E-state index in [0.717, 1.165) is 116 Å². The van der Waals surface area contributed by atoms with Gasteiger partial charge in [0.05, 0.1) is 25.7 Å². The molecule has 1 fully saturated rings. The molecule has 0 aliphatic carbocycles. The molecular formula is C70H134N2O9. The van der Waals surface area contributed by atoms with Gasteiger partial charge in [0.25, 0.3) is 0 Å². The summed E-state index contributed by atoms with van der Waals surface area (Å²) in [5, 5.41) is 0. The molecule has 0 spiro atoms. The highest BCUT2D eigenvalue weighted by Gasteiger charge is 2.38. The smallest absolute Gasteiger partial charge is 0.323 e. The fourth-order valence-electron chi connectivity index (χ4n) is 11.6. The number of carbonyl (C=O) groups excluding carboxylic acids is 4. The number of ether oxygens (including phenoxy) is 5. The summed E-state index contributed by atoms with van der Waals surface area (Å²) in [7, 11) is 3.89. The molecule has 0 bridgehead atoms. The van der Waals surface area contributed by atoms with Gasteiger partial charge in [0.15, 0.2) is 0 Å². The molecule has 0 aromatic carbocycles. The normalized spacial score (nSPS) is 15.0. The van der Waals surface area contributed by atoms with Crippen LogP contribution in [0, 0.1) is 0 Å². The Kier molecular flexibility index (Phi) is 52.7. The molecule has 0 aromatic rings. The second-order valence-electron chi connectivity index (χ2n) is 25.1. The monoisotopic (exact) mass is 1150 g/mol. The molecule has 0 unspecified atom stereocenters. The minimum Gasteiger partial charge on any atom is -0.466 e. The Hall–Kier alpha value is -2.24. The van der Waals surface area contributed by atoms with E-state index >= 15 is 0 Å². The van der Waals surface area contributed by atoms with Crippen LogP contribution >= 0.6 is 0 Å². The van der Waals surface area contributed by atoms with Crippen molar-refractivity contribution in [1.82, 2.24) is 9.80 Å². The Morgan fingerprint density at radius 2 is 0.852 bits per heavy atom. The average molecular weight is 1150 g/mol. The van der Waals surface area contributed by atoms with E-state index in [0.29, 0.717) is 65.0 Å². The highest BCUT2D eigenvalue weighted by atomic mass is 16.7. The predicted molar refractivity (Wildman–Crippen MR) is 339 cm³/mol. The van der Waals surface area contributed by atoms with Crippen LogP contribution in [0.2, 0.25) is 0 Å². The summed E-state index contributed by atoms with van der Waals surface area (Å²) in [5.41, 5.74) is 0. The molecule has 478 valence electrons. The van der Waals surface area contributed by atoms with Gasteiger partial charge < -0.3 is 28.6 Å². The minimum absolute atomic E-state index is 0.108. The zero-order chi connectivity index (χ0) is 59.1. The fraction of sp³-hybridized carbons (Fsp3) is 0.943. The van der Waals surface area contributed by atoms with Gasteiger partial charge in [-0.1, -0.05) is 253 Å². The molecule has 11 heteroatoms. The Labute approximate surface area is 501 Å². The molecule has 1 rings (SSSR count). The molecule has 81 heavy (non-hydrogen) atoms. The highest BCUT2D eigenvalue weighted by Crippen LogP contribution is 2.34. The first-order valence-electron chi connectivity index (χ1n) is 35.3. The zero-order valence-electron chi connectivity index (χ0n) is 54.7. The Morgan fingerprint density at radius 3 is 1.33 bits per heavy atom. The average Bonchev–Trinajstić information content (AvgIpc) is 3.47. The molecule has 0 saturated carbocycles. The van der Waals surface area contributed by atoms with Crippen molar-refractivity contribution in [3.63, 3.8) is 0 Å². The lowest BCUT2D eigenvalue weighted by atomic mass is 9.97. The van der Waals surface area contributed by atoms with Gasteiger partial charge in [-0.25, -0.2) is 0 Å². The maximum absolute atomic E-state index is 14.0. The predicted octanol–water partition coefficient (Wildman–Crippen LogP) is 19.5. The fourth-order valence-corrected chi connectivity index (χ4v) is 11.6. The summed E-state index contributed by atoms with van der Waals surface area (Å²) in [6.07, 6.45) is 53.4. The van der Waals surface area contributed by atoms with Crippen LogP contribution in [0.1, 0.15) is 356 Å². The Bertz CT molecular complexity index is 1410. The van der Waals surface area contributed by atoms with Crippen molar-refractivity contribution in [2.75, 3.05) is 46.9 Å². The molecule has 2 atom stereocenters. The van der Waals surface area contributed by atoms with Crippen LogP contribution in [0.15, 0.2) is 0 Å². The van der Waals surface area contributed by atoms with Crippen molar-refractivity contribution in [2.45, 2.75) is 380 Å². The van der Waals surface area contributed by atoms with Gasteiger partial charge in [-0.3, -0.25) is 24.1 Å². The molecule has 0 amide bonds. The molecule has 1 aliphatic heterocycles.